The van der Waals surface area contributed by atoms with E-state index in [1.165, 1.54) is 11.1 Å². The molecular weight excluding hydrogens is 260 g/mol. The summed E-state index contributed by atoms with van der Waals surface area (Å²) in [5.74, 6) is -1.33. The van der Waals surface area contributed by atoms with E-state index in [2.05, 4.69) is 9.97 Å². The van der Waals surface area contributed by atoms with Crippen LogP contribution in [0.1, 0.15) is 29.8 Å². The Morgan fingerprint density at radius 2 is 1.95 bits per heavy atom. The number of carbonyl (C=O) groups is 2. The normalized spacial score (nSPS) is 19.2. The molecule has 0 aromatic carbocycles. The Bertz CT molecular complexity index is 666. The Balaban J connectivity index is 1.98. The molecule has 1 aliphatic heterocycles. The number of aromatic nitrogens is 3. The zero-order chi connectivity index (χ0) is 14.1. The second-order valence-electron chi connectivity index (χ2n) is 4.78. The van der Waals surface area contributed by atoms with Crippen molar-refractivity contribution in [2.45, 2.75) is 25.3 Å². The maximum Gasteiger partial charge on any atom is 0.326 e. The summed E-state index contributed by atoms with van der Waals surface area (Å²) in [6, 6.07) is -0.770. The molecule has 3 heterocycles. The number of nitrogens with zero attached hydrogens (tertiary/aromatic N) is 4. The van der Waals surface area contributed by atoms with Crippen molar-refractivity contribution in [1.29, 1.82) is 0 Å². The number of amides is 1. The highest BCUT2D eigenvalue weighted by molar-refractivity contribution is 5.99. The number of carboxylic acid groups (broad SMARTS) is 1. The largest absolute Gasteiger partial charge is 0.480 e. The van der Waals surface area contributed by atoms with Gasteiger partial charge in [-0.25, -0.2) is 14.8 Å². The highest BCUT2D eigenvalue weighted by atomic mass is 16.4. The topological polar surface area (TPSA) is 87.8 Å². The number of carbonyl (C=O) groups excluding carboxylic acids is 1. The number of rotatable bonds is 2. The number of hydrogen-bond donors (Lipinski definition) is 1. The summed E-state index contributed by atoms with van der Waals surface area (Å²) in [4.78, 5) is 33.4. The fourth-order valence-corrected chi connectivity index (χ4v) is 2.57. The van der Waals surface area contributed by atoms with Crippen molar-refractivity contribution in [2.24, 2.45) is 0 Å². The molecule has 0 bridgehead atoms. The average molecular weight is 274 g/mol. The molecule has 1 aliphatic rings. The minimum atomic E-state index is -0.964. The second-order valence-corrected chi connectivity index (χ2v) is 4.78. The molecule has 2 aromatic rings. The first kappa shape index (κ1) is 12.6. The van der Waals surface area contributed by atoms with Crippen LogP contribution in [0.25, 0.3) is 5.65 Å². The molecule has 1 saturated heterocycles. The van der Waals surface area contributed by atoms with Gasteiger partial charge in [0.2, 0.25) is 0 Å². The molecule has 104 valence electrons. The van der Waals surface area contributed by atoms with Gasteiger partial charge in [-0.2, -0.15) is 0 Å². The summed E-state index contributed by atoms with van der Waals surface area (Å²) in [6.07, 6.45) is 8.64. The van der Waals surface area contributed by atoms with E-state index in [9.17, 15) is 14.7 Å². The van der Waals surface area contributed by atoms with E-state index in [1.807, 2.05) is 0 Å². The molecule has 0 saturated carbocycles. The van der Waals surface area contributed by atoms with Crippen molar-refractivity contribution >= 4 is 17.5 Å². The van der Waals surface area contributed by atoms with Crippen LogP contribution in [0.15, 0.2) is 24.8 Å². The van der Waals surface area contributed by atoms with E-state index >= 15 is 0 Å². The van der Waals surface area contributed by atoms with E-state index in [0.717, 1.165) is 12.8 Å². The van der Waals surface area contributed by atoms with Gasteiger partial charge in [0.1, 0.15) is 6.04 Å². The van der Waals surface area contributed by atoms with E-state index in [4.69, 9.17) is 0 Å². The van der Waals surface area contributed by atoms with Gasteiger partial charge in [-0.05, 0) is 19.3 Å². The number of carboxylic acids is 1. The van der Waals surface area contributed by atoms with Crippen LogP contribution < -0.4 is 0 Å². The van der Waals surface area contributed by atoms with Gasteiger partial charge < -0.3 is 14.4 Å². The maximum atomic E-state index is 12.6. The molecule has 7 nitrogen and oxygen atoms in total. The molecule has 0 radical (unpaired) electrons. The monoisotopic (exact) mass is 274 g/mol. The molecule has 1 unspecified atom stereocenters. The van der Waals surface area contributed by atoms with Crippen LogP contribution in [-0.2, 0) is 4.79 Å². The Morgan fingerprint density at radius 1 is 1.20 bits per heavy atom. The summed E-state index contributed by atoms with van der Waals surface area (Å²) in [6.45, 7) is 0.444. The van der Waals surface area contributed by atoms with Crippen LogP contribution in [0, 0.1) is 0 Å². The van der Waals surface area contributed by atoms with Crippen molar-refractivity contribution in [1.82, 2.24) is 19.3 Å². The first-order chi connectivity index (χ1) is 9.68. The molecule has 0 spiro atoms. The van der Waals surface area contributed by atoms with Crippen LogP contribution in [0.3, 0.4) is 0 Å². The summed E-state index contributed by atoms with van der Waals surface area (Å²) in [5.41, 5.74) is 0.651. The van der Waals surface area contributed by atoms with E-state index in [0.29, 0.717) is 18.6 Å². The minimum absolute atomic E-state index is 0.200. The standard InChI is InChI=1S/C13H14N4O3/c18-12(17-6-2-1-3-9(17)13(19)20)10-11-15-5-8-16(11)7-4-14-10/h4-5,7-9H,1-3,6H2,(H,19,20). The van der Waals surface area contributed by atoms with Gasteiger partial charge in [0.15, 0.2) is 11.3 Å². The van der Waals surface area contributed by atoms with Crippen molar-refractivity contribution in [2.75, 3.05) is 6.54 Å². The summed E-state index contributed by atoms with van der Waals surface area (Å²) < 4.78 is 1.69. The minimum Gasteiger partial charge on any atom is -0.480 e. The Kier molecular flexibility index (Phi) is 3.09. The summed E-state index contributed by atoms with van der Waals surface area (Å²) in [7, 11) is 0. The Morgan fingerprint density at radius 3 is 2.70 bits per heavy atom. The molecule has 1 N–H and O–H groups in total. The lowest BCUT2D eigenvalue weighted by Gasteiger charge is -2.32. The lowest BCUT2D eigenvalue weighted by Crippen LogP contribution is -2.48. The number of piperidine rings is 1. The van der Waals surface area contributed by atoms with Gasteiger partial charge >= 0.3 is 5.97 Å². The quantitative estimate of drug-likeness (QED) is 0.875. The number of fused-ring (bicyclic) bond motifs is 1. The average Bonchev–Trinajstić information content (AvgIpc) is 2.94. The van der Waals surface area contributed by atoms with Crippen LogP contribution in [-0.4, -0.2) is 48.8 Å². The van der Waals surface area contributed by atoms with Crippen molar-refractivity contribution in [3.8, 4) is 0 Å². The third kappa shape index (κ3) is 2.01. The van der Waals surface area contributed by atoms with Gasteiger partial charge in [0.05, 0.1) is 0 Å². The van der Waals surface area contributed by atoms with Gasteiger partial charge in [0.25, 0.3) is 5.91 Å². The third-order valence-corrected chi connectivity index (χ3v) is 3.56. The predicted octanol–water partition coefficient (Wildman–Crippen LogP) is 0.809. The summed E-state index contributed by atoms with van der Waals surface area (Å²) >= 11 is 0. The van der Waals surface area contributed by atoms with Crippen molar-refractivity contribution in [3.05, 3.63) is 30.5 Å². The fourth-order valence-electron chi connectivity index (χ4n) is 2.57. The maximum absolute atomic E-state index is 12.6. The van der Waals surface area contributed by atoms with E-state index in [-0.39, 0.29) is 11.6 Å². The molecule has 1 atom stereocenters. The zero-order valence-electron chi connectivity index (χ0n) is 10.8. The van der Waals surface area contributed by atoms with Crippen LogP contribution in [0.5, 0.6) is 0 Å². The Labute approximate surface area is 114 Å². The SMILES string of the molecule is O=C(O)C1CCCCN1C(=O)c1nccn2ccnc12. The Hall–Kier alpha value is -2.44. The zero-order valence-corrected chi connectivity index (χ0v) is 10.8. The molecule has 2 aromatic heterocycles. The number of hydrogen-bond acceptors (Lipinski definition) is 4. The molecule has 3 rings (SSSR count). The van der Waals surface area contributed by atoms with Crippen molar-refractivity contribution < 1.29 is 14.7 Å². The molecule has 1 fully saturated rings. The second kappa shape index (κ2) is 4.92. The summed E-state index contributed by atoms with van der Waals surface area (Å²) in [5, 5.41) is 9.24. The van der Waals surface area contributed by atoms with Crippen LogP contribution in [0.2, 0.25) is 0 Å². The number of likely N-dealkylation sites (tertiary alicyclic amines) is 1. The van der Waals surface area contributed by atoms with E-state index in [1.54, 1.807) is 23.0 Å². The van der Waals surface area contributed by atoms with Crippen molar-refractivity contribution in [3.63, 3.8) is 0 Å². The highest BCUT2D eigenvalue weighted by Crippen LogP contribution is 2.20. The first-order valence-corrected chi connectivity index (χ1v) is 6.50. The molecular formula is C13H14N4O3. The lowest BCUT2D eigenvalue weighted by molar-refractivity contribution is -0.143. The van der Waals surface area contributed by atoms with Crippen LogP contribution >= 0.6 is 0 Å². The number of aliphatic carboxylic acids is 1. The first-order valence-electron chi connectivity index (χ1n) is 6.50. The molecule has 7 heteroatoms. The fraction of sp³-hybridized carbons (Fsp3) is 0.385. The smallest absolute Gasteiger partial charge is 0.326 e. The van der Waals surface area contributed by atoms with Gasteiger partial charge in [-0.3, -0.25) is 4.79 Å². The highest BCUT2D eigenvalue weighted by Gasteiger charge is 2.33. The molecule has 0 aliphatic carbocycles. The van der Waals surface area contributed by atoms with E-state index < -0.39 is 12.0 Å². The van der Waals surface area contributed by atoms with Crippen LogP contribution in [0.4, 0.5) is 0 Å². The number of imidazole rings is 1. The van der Waals surface area contributed by atoms with Gasteiger partial charge in [-0.15, -0.1) is 0 Å². The molecule has 20 heavy (non-hydrogen) atoms. The van der Waals surface area contributed by atoms with Gasteiger partial charge in [-0.1, -0.05) is 0 Å². The third-order valence-electron chi connectivity index (χ3n) is 3.56. The predicted molar refractivity (Wildman–Crippen MR) is 69.3 cm³/mol. The van der Waals surface area contributed by atoms with Gasteiger partial charge in [0, 0.05) is 31.3 Å². The lowest BCUT2D eigenvalue weighted by atomic mass is 10.0. The molecule has 1 amide bonds.